The van der Waals surface area contributed by atoms with Gasteiger partial charge in [0.15, 0.2) is 0 Å². The van der Waals surface area contributed by atoms with Crippen molar-refractivity contribution in [3.8, 4) is 0 Å². The Labute approximate surface area is 115 Å². The van der Waals surface area contributed by atoms with Gasteiger partial charge in [-0.25, -0.2) is 0 Å². The van der Waals surface area contributed by atoms with Crippen molar-refractivity contribution < 1.29 is 4.79 Å². The van der Waals surface area contributed by atoms with Gasteiger partial charge in [-0.2, -0.15) is 0 Å². The zero-order chi connectivity index (χ0) is 13.8. The molecule has 104 valence electrons. The second-order valence-electron chi connectivity index (χ2n) is 5.66. The highest BCUT2D eigenvalue weighted by Crippen LogP contribution is 2.20. The first-order valence-electron chi connectivity index (χ1n) is 7.17. The van der Waals surface area contributed by atoms with E-state index in [-0.39, 0.29) is 17.9 Å². The smallest absolute Gasteiger partial charge is 0.223 e. The second kappa shape index (κ2) is 6.20. The number of amides is 1. The third kappa shape index (κ3) is 3.57. The van der Waals surface area contributed by atoms with Crippen LogP contribution in [0.4, 0.5) is 0 Å². The Morgan fingerprint density at radius 1 is 1.42 bits per heavy atom. The van der Waals surface area contributed by atoms with Crippen molar-refractivity contribution in [1.82, 2.24) is 10.6 Å². The number of hydrogen-bond donors (Lipinski definition) is 2. The van der Waals surface area contributed by atoms with E-state index in [1.165, 1.54) is 11.1 Å². The molecule has 2 rings (SSSR count). The molecule has 0 radical (unpaired) electrons. The van der Waals surface area contributed by atoms with E-state index in [1.807, 2.05) is 12.1 Å². The quantitative estimate of drug-likeness (QED) is 0.877. The third-order valence-corrected chi connectivity index (χ3v) is 4.01. The maximum atomic E-state index is 12.3. The van der Waals surface area contributed by atoms with Crippen LogP contribution in [-0.2, 0) is 4.79 Å². The van der Waals surface area contributed by atoms with E-state index in [0.717, 1.165) is 19.4 Å². The van der Waals surface area contributed by atoms with E-state index < -0.39 is 0 Å². The van der Waals surface area contributed by atoms with Crippen LogP contribution < -0.4 is 10.6 Å². The molecular weight excluding hydrogens is 236 g/mol. The summed E-state index contributed by atoms with van der Waals surface area (Å²) in [6.07, 6.45) is 1.88. The number of aryl methyl sites for hydroxylation is 1. The number of hydrogen-bond acceptors (Lipinski definition) is 2. The third-order valence-electron chi connectivity index (χ3n) is 4.01. The average Bonchev–Trinajstić information content (AvgIpc) is 2.39. The zero-order valence-corrected chi connectivity index (χ0v) is 12.1. The van der Waals surface area contributed by atoms with E-state index in [9.17, 15) is 4.79 Å². The highest BCUT2D eigenvalue weighted by atomic mass is 16.1. The molecule has 0 saturated carbocycles. The summed E-state index contributed by atoms with van der Waals surface area (Å²) < 4.78 is 0. The normalized spacial score (nSPS) is 24.8. The van der Waals surface area contributed by atoms with Crippen LogP contribution in [0.1, 0.15) is 43.9 Å². The second-order valence-corrected chi connectivity index (χ2v) is 5.66. The van der Waals surface area contributed by atoms with Crippen LogP contribution >= 0.6 is 0 Å². The van der Waals surface area contributed by atoms with Crippen LogP contribution in [-0.4, -0.2) is 18.5 Å². The van der Waals surface area contributed by atoms with Gasteiger partial charge in [0.05, 0.1) is 6.04 Å². The molecule has 1 amide bonds. The number of rotatable bonds is 3. The maximum Gasteiger partial charge on any atom is 0.223 e. The lowest BCUT2D eigenvalue weighted by Gasteiger charge is -2.28. The molecule has 1 aromatic carbocycles. The number of carbonyl (C=O) groups is 1. The van der Waals surface area contributed by atoms with Crippen molar-refractivity contribution in [3.63, 3.8) is 0 Å². The number of piperidine rings is 1. The molecule has 2 unspecified atom stereocenters. The van der Waals surface area contributed by atoms with E-state index in [2.05, 4.69) is 43.5 Å². The van der Waals surface area contributed by atoms with Crippen molar-refractivity contribution in [2.75, 3.05) is 6.54 Å². The van der Waals surface area contributed by atoms with Gasteiger partial charge >= 0.3 is 0 Å². The Morgan fingerprint density at radius 3 is 2.84 bits per heavy atom. The van der Waals surface area contributed by atoms with E-state index in [1.54, 1.807) is 0 Å². The highest BCUT2D eigenvalue weighted by molar-refractivity contribution is 5.79. The van der Waals surface area contributed by atoms with E-state index >= 15 is 0 Å². The Kier molecular flexibility index (Phi) is 4.59. The first kappa shape index (κ1) is 14.1. The lowest BCUT2D eigenvalue weighted by molar-refractivity contribution is -0.126. The first-order chi connectivity index (χ1) is 9.08. The number of carbonyl (C=O) groups excluding carboxylic acids is 1. The minimum atomic E-state index is 0.0823. The summed E-state index contributed by atoms with van der Waals surface area (Å²) in [4.78, 5) is 12.3. The SMILES string of the molecule is Cc1ccccc1[C@@H](C)NC(=O)C1CCNC(C)C1. The van der Waals surface area contributed by atoms with Crippen molar-refractivity contribution in [3.05, 3.63) is 35.4 Å². The Balaban J connectivity index is 1.97. The molecule has 1 aromatic rings. The van der Waals surface area contributed by atoms with Crippen molar-refractivity contribution >= 4 is 5.91 Å². The first-order valence-corrected chi connectivity index (χ1v) is 7.17. The summed E-state index contributed by atoms with van der Waals surface area (Å²) in [6, 6.07) is 8.76. The fourth-order valence-electron chi connectivity index (χ4n) is 2.85. The number of benzene rings is 1. The molecule has 1 aliphatic heterocycles. The predicted octanol–water partition coefficient (Wildman–Crippen LogP) is 2.56. The minimum Gasteiger partial charge on any atom is -0.349 e. The van der Waals surface area contributed by atoms with Crippen LogP contribution in [0, 0.1) is 12.8 Å². The summed E-state index contributed by atoms with van der Waals surface area (Å²) >= 11 is 0. The lowest BCUT2D eigenvalue weighted by atomic mass is 9.92. The molecule has 1 heterocycles. The van der Waals surface area contributed by atoms with Gasteiger partial charge in [0.25, 0.3) is 0 Å². The Hall–Kier alpha value is -1.35. The Bertz CT molecular complexity index is 444. The van der Waals surface area contributed by atoms with Gasteiger partial charge in [-0.1, -0.05) is 24.3 Å². The summed E-state index contributed by atoms with van der Waals surface area (Å²) in [6.45, 7) is 7.23. The van der Waals surface area contributed by atoms with Crippen LogP contribution in [0.25, 0.3) is 0 Å². The molecule has 1 saturated heterocycles. The lowest BCUT2D eigenvalue weighted by Crippen LogP contribution is -2.43. The van der Waals surface area contributed by atoms with Gasteiger partial charge < -0.3 is 10.6 Å². The van der Waals surface area contributed by atoms with Crippen LogP contribution in [0.5, 0.6) is 0 Å². The molecule has 3 heteroatoms. The fourth-order valence-corrected chi connectivity index (χ4v) is 2.85. The fraction of sp³-hybridized carbons (Fsp3) is 0.562. The van der Waals surface area contributed by atoms with Gasteiger partial charge in [-0.3, -0.25) is 4.79 Å². The summed E-state index contributed by atoms with van der Waals surface area (Å²) in [5, 5.41) is 6.54. The molecule has 0 aromatic heterocycles. The van der Waals surface area contributed by atoms with Crippen LogP contribution in [0.15, 0.2) is 24.3 Å². The molecule has 19 heavy (non-hydrogen) atoms. The standard InChI is InChI=1S/C16H24N2O/c1-11-6-4-5-7-15(11)13(3)18-16(19)14-8-9-17-12(2)10-14/h4-7,12-14,17H,8-10H2,1-3H3,(H,18,19)/t12?,13-,14?/m1/s1. The van der Waals surface area contributed by atoms with Crippen molar-refractivity contribution in [2.24, 2.45) is 5.92 Å². The summed E-state index contributed by atoms with van der Waals surface area (Å²) in [5.74, 6) is 0.354. The maximum absolute atomic E-state index is 12.3. The Morgan fingerprint density at radius 2 is 2.16 bits per heavy atom. The molecule has 0 aliphatic carbocycles. The van der Waals surface area contributed by atoms with Crippen molar-refractivity contribution in [1.29, 1.82) is 0 Å². The van der Waals surface area contributed by atoms with Gasteiger partial charge in [0, 0.05) is 12.0 Å². The molecule has 2 N–H and O–H groups in total. The molecule has 3 atom stereocenters. The minimum absolute atomic E-state index is 0.0823. The van der Waals surface area contributed by atoms with E-state index in [0.29, 0.717) is 6.04 Å². The number of nitrogens with one attached hydrogen (secondary N) is 2. The highest BCUT2D eigenvalue weighted by Gasteiger charge is 2.25. The monoisotopic (exact) mass is 260 g/mol. The topological polar surface area (TPSA) is 41.1 Å². The van der Waals surface area contributed by atoms with Gasteiger partial charge in [-0.15, -0.1) is 0 Å². The molecular formula is C16H24N2O. The summed E-state index contributed by atoms with van der Waals surface area (Å²) in [7, 11) is 0. The molecule has 0 spiro atoms. The van der Waals surface area contributed by atoms with Crippen LogP contribution in [0.2, 0.25) is 0 Å². The van der Waals surface area contributed by atoms with Crippen molar-refractivity contribution in [2.45, 2.75) is 45.7 Å². The molecule has 0 bridgehead atoms. The predicted molar refractivity (Wildman–Crippen MR) is 77.9 cm³/mol. The average molecular weight is 260 g/mol. The van der Waals surface area contributed by atoms with Gasteiger partial charge in [0.2, 0.25) is 5.91 Å². The van der Waals surface area contributed by atoms with E-state index in [4.69, 9.17) is 0 Å². The van der Waals surface area contributed by atoms with Gasteiger partial charge in [-0.05, 0) is 51.3 Å². The molecule has 1 fully saturated rings. The van der Waals surface area contributed by atoms with Crippen LogP contribution in [0.3, 0.4) is 0 Å². The zero-order valence-electron chi connectivity index (χ0n) is 12.1. The summed E-state index contributed by atoms with van der Waals surface area (Å²) in [5.41, 5.74) is 2.44. The molecule has 1 aliphatic rings. The van der Waals surface area contributed by atoms with Gasteiger partial charge in [0.1, 0.15) is 0 Å². The molecule has 3 nitrogen and oxygen atoms in total. The largest absolute Gasteiger partial charge is 0.349 e.